The first-order chi connectivity index (χ1) is 12.5. The average Bonchev–Trinajstić information content (AvgIpc) is 2.69. The molecule has 0 saturated carbocycles. The summed E-state index contributed by atoms with van der Waals surface area (Å²) in [6.45, 7) is 11.2. The molecule has 0 radical (unpaired) electrons. The standard InChI is InChI=1S/C19H24N2O3.C2H6/c1-6-21(7-2)19(22)17-12-15(23-4)8-9-16(17)14-10-13(3)20-18(11-14)24-5;1-2/h8-12H,6-7H2,1-5H3;1-2H3. The van der Waals surface area contributed by atoms with E-state index in [1.54, 1.807) is 25.2 Å². The van der Waals surface area contributed by atoms with Crippen molar-refractivity contribution in [1.82, 2.24) is 9.88 Å². The number of nitrogens with zero attached hydrogens (tertiary/aromatic N) is 2. The van der Waals surface area contributed by atoms with E-state index >= 15 is 0 Å². The smallest absolute Gasteiger partial charge is 0.254 e. The maximum atomic E-state index is 12.9. The zero-order chi connectivity index (χ0) is 19.7. The molecule has 0 saturated heterocycles. The van der Waals surface area contributed by atoms with E-state index in [2.05, 4.69) is 4.98 Å². The Morgan fingerprint density at radius 1 is 1.04 bits per heavy atom. The number of aromatic nitrogens is 1. The Morgan fingerprint density at radius 3 is 2.23 bits per heavy atom. The molecule has 0 spiro atoms. The fourth-order valence-electron chi connectivity index (χ4n) is 2.66. The van der Waals surface area contributed by atoms with E-state index in [0.29, 0.717) is 30.3 Å². The summed E-state index contributed by atoms with van der Waals surface area (Å²) < 4.78 is 10.6. The second-order valence-corrected chi connectivity index (χ2v) is 5.43. The minimum absolute atomic E-state index is 0.0117. The first kappa shape index (κ1) is 21.5. The summed E-state index contributed by atoms with van der Waals surface area (Å²) in [5, 5.41) is 0. The molecule has 0 bridgehead atoms. The number of aryl methyl sites for hydroxylation is 1. The van der Waals surface area contributed by atoms with E-state index in [-0.39, 0.29) is 5.91 Å². The third-order valence-corrected chi connectivity index (χ3v) is 3.96. The predicted octanol–water partition coefficient (Wildman–Crippen LogP) is 4.58. The van der Waals surface area contributed by atoms with Crippen molar-refractivity contribution in [2.24, 2.45) is 0 Å². The molecule has 1 aromatic heterocycles. The second kappa shape index (κ2) is 10.4. The lowest BCUT2D eigenvalue weighted by molar-refractivity contribution is 0.0773. The zero-order valence-electron chi connectivity index (χ0n) is 16.9. The summed E-state index contributed by atoms with van der Waals surface area (Å²) >= 11 is 0. The summed E-state index contributed by atoms with van der Waals surface area (Å²) in [4.78, 5) is 19.0. The lowest BCUT2D eigenvalue weighted by Gasteiger charge is -2.21. The predicted molar refractivity (Wildman–Crippen MR) is 106 cm³/mol. The van der Waals surface area contributed by atoms with E-state index in [0.717, 1.165) is 16.8 Å². The molecule has 5 nitrogen and oxygen atoms in total. The third kappa shape index (κ3) is 4.97. The highest BCUT2D eigenvalue weighted by Gasteiger charge is 2.19. The molecular formula is C21H30N2O3. The highest BCUT2D eigenvalue weighted by Crippen LogP contribution is 2.30. The molecule has 0 aliphatic heterocycles. The van der Waals surface area contributed by atoms with Crippen LogP contribution in [0.4, 0.5) is 0 Å². The Morgan fingerprint density at radius 2 is 1.69 bits per heavy atom. The first-order valence-corrected chi connectivity index (χ1v) is 9.04. The summed E-state index contributed by atoms with van der Waals surface area (Å²) in [6.07, 6.45) is 0. The Bertz CT molecular complexity index is 725. The number of benzene rings is 1. The van der Waals surface area contributed by atoms with Gasteiger partial charge in [-0.3, -0.25) is 4.79 Å². The molecule has 2 aromatic rings. The number of rotatable bonds is 6. The average molecular weight is 358 g/mol. The highest BCUT2D eigenvalue weighted by atomic mass is 16.5. The first-order valence-electron chi connectivity index (χ1n) is 9.04. The zero-order valence-corrected chi connectivity index (χ0v) is 16.9. The molecule has 26 heavy (non-hydrogen) atoms. The van der Waals surface area contributed by atoms with Crippen LogP contribution in [0.25, 0.3) is 11.1 Å². The molecule has 0 aliphatic carbocycles. The van der Waals surface area contributed by atoms with Crippen molar-refractivity contribution in [3.8, 4) is 22.8 Å². The van der Waals surface area contributed by atoms with Crippen LogP contribution in [-0.4, -0.2) is 43.1 Å². The molecule has 0 aliphatic rings. The van der Waals surface area contributed by atoms with Crippen LogP contribution in [0.2, 0.25) is 0 Å². The van der Waals surface area contributed by atoms with Crippen LogP contribution in [0, 0.1) is 6.92 Å². The summed E-state index contributed by atoms with van der Waals surface area (Å²) in [7, 11) is 3.18. The minimum atomic E-state index is -0.0117. The van der Waals surface area contributed by atoms with Crippen LogP contribution < -0.4 is 9.47 Å². The summed E-state index contributed by atoms with van der Waals surface area (Å²) in [6, 6.07) is 9.34. The summed E-state index contributed by atoms with van der Waals surface area (Å²) in [5.41, 5.74) is 3.20. The number of carbonyl (C=O) groups excluding carboxylic acids is 1. The number of amides is 1. The van der Waals surface area contributed by atoms with E-state index < -0.39 is 0 Å². The van der Waals surface area contributed by atoms with Gasteiger partial charge in [0.05, 0.1) is 19.8 Å². The van der Waals surface area contributed by atoms with E-state index in [1.807, 2.05) is 58.9 Å². The monoisotopic (exact) mass is 358 g/mol. The number of pyridine rings is 1. The lowest BCUT2D eigenvalue weighted by atomic mass is 9.98. The van der Waals surface area contributed by atoms with Crippen LogP contribution in [0.1, 0.15) is 43.7 Å². The Hall–Kier alpha value is -2.56. The van der Waals surface area contributed by atoms with Crippen molar-refractivity contribution in [2.75, 3.05) is 27.3 Å². The molecular weight excluding hydrogens is 328 g/mol. The molecule has 0 fully saturated rings. The maximum Gasteiger partial charge on any atom is 0.254 e. The van der Waals surface area contributed by atoms with Gasteiger partial charge < -0.3 is 14.4 Å². The molecule has 5 heteroatoms. The Balaban J connectivity index is 0.00000163. The number of methoxy groups -OCH3 is 2. The number of hydrogen-bond acceptors (Lipinski definition) is 4. The Labute approximate surface area is 157 Å². The van der Waals surface area contributed by atoms with Gasteiger partial charge in [-0.25, -0.2) is 4.98 Å². The van der Waals surface area contributed by atoms with Crippen LogP contribution in [0.3, 0.4) is 0 Å². The van der Waals surface area contributed by atoms with E-state index in [4.69, 9.17) is 9.47 Å². The number of carbonyl (C=O) groups is 1. The minimum Gasteiger partial charge on any atom is -0.497 e. The number of ether oxygens (including phenoxy) is 2. The highest BCUT2D eigenvalue weighted by molar-refractivity contribution is 6.01. The van der Waals surface area contributed by atoms with Gasteiger partial charge in [0.2, 0.25) is 5.88 Å². The van der Waals surface area contributed by atoms with Gasteiger partial charge in [0.1, 0.15) is 5.75 Å². The normalized spacial score (nSPS) is 9.81. The van der Waals surface area contributed by atoms with Gasteiger partial charge >= 0.3 is 0 Å². The molecule has 1 amide bonds. The third-order valence-electron chi connectivity index (χ3n) is 3.96. The summed E-state index contributed by atoms with van der Waals surface area (Å²) in [5.74, 6) is 1.18. The fraction of sp³-hybridized carbons (Fsp3) is 0.429. The van der Waals surface area contributed by atoms with Crippen molar-refractivity contribution in [2.45, 2.75) is 34.6 Å². The van der Waals surface area contributed by atoms with E-state index in [9.17, 15) is 4.79 Å². The second-order valence-electron chi connectivity index (χ2n) is 5.43. The van der Waals surface area contributed by atoms with Crippen molar-refractivity contribution in [1.29, 1.82) is 0 Å². The molecule has 2 rings (SSSR count). The number of hydrogen-bond donors (Lipinski definition) is 0. The molecule has 1 heterocycles. The molecule has 142 valence electrons. The van der Waals surface area contributed by atoms with Gasteiger partial charge in [-0.2, -0.15) is 0 Å². The largest absolute Gasteiger partial charge is 0.497 e. The molecule has 0 N–H and O–H groups in total. The van der Waals surface area contributed by atoms with Crippen molar-refractivity contribution in [3.63, 3.8) is 0 Å². The quantitative estimate of drug-likeness (QED) is 0.758. The topological polar surface area (TPSA) is 51.7 Å². The fourth-order valence-corrected chi connectivity index (χ4v) is 2.66. The molecule has 0 unspecified atom stereocenters. The van der Waals surface area contributed by atoms with Crippen molar-refractivity contribution < 1.29 is 14.3 Å². The lowest BCUT2D eigenvalue weighted by Crippen LogP contribution is -2.30. The molecule has 0 atom stereocenters. The van der Waals surface area contributed by atoms with Gasteiger partial charge in [0.15, 0.2) is 0 Å². The van der Waals surface area contributed by atoms with Crippen LogP contribution >= 0.6 is 0 Å². The Kier molecular flexibility index (Phi) is 8.62. The van der Waals surface area contributed by atoms with Gasteiger partial charge in [-0.1, -0.05) is 13.8 Å². The van der Waals surface area contributed by atoms with Gasteiger partial charge in [0.25, 0.3) is 5.91 Å². The van der Waals surface area contributed by atoms with Gasteiger partial charge in [-0.05, 0) is 56.2 Å². The van der Waals surface area contributed by atoms with Gasteiger partial charge in [0, 0.05) is 24.8 Å². The van der Waals surface area contributed by atoms with Crippen LogP contribution in [-0.2, 0) is 0 Å². The van der Waals surface area contributed by atoms with Crippen LogP contribution in [0.5, 0.6) is 11.6 Å². The SMILES string of the molecule is CC.CCN(CC)C(=O)c1cc(OC)ccc1-c1cc(C)nc(OC)c1. The maximum absolute atomic E-state index is 12.9. The van der Waals surface area contributed by atoms with Crippen LogP contribution in [0.15, 0.2) is 30.3 Å². The molecule has 1 aromatic carbocycles. The van der Waals surface area contributed by atoms with Crippen molar-refractivity contribution in [3.05, 3.63) is 41.6 Å². The van der Waals surface area contributed by atoms with Crippen molar-refractivity contribution >= 4 is 5.91 Å². The van der Waals surface area contributed by atoms with E-state index in [1.165, 1.54) is 0 Å². The van der Waals surface area contributed by atoms with Gasteiger partial charge in [-0.15, -0.1) is 0 Å².